The number of benzene rings is 1. The SMILES string of the molecule is Cc1ccc2c(ncc3nc(C)n(Cc4c(F)cc(S(N)(=O)=O)cc4F)c32)n1. The third kappa shape index (κ3) is 3.00. The Morgan fingerprint density at radius 1 is 1.11 bits per heavy atom. The van der Waals surface area contributed by atoms with Crippen molar-refractivity contribution in [3.8, 4) is 0 Å². The number of imidazole rings is 1. The number of nitrogens with two attached hydrogens (primary N) is 1. The van der Waals surface area contributed by atoms with Gasteiger partial charge in [0.25, 0.3) is 0 Å². The molecule has 0 unspecified atom stereocenters. The van der Waals surface area contributed by atoms with E-state index in [0.717, 1.165) is 5.69 Å². The molecule has 4 rings (SSSR count). The molecule has 0 spiro atoms. The molecular formula is C18H15F2N5O2S. The highest BCUT2D eigenvalue weighted by molar-refractivity contribution is 7.89. The van der Waals surface area contributed by atoms with Crippen molar-refractivity contribution in [2.24, 2.45) is 5.14 Å². The molecule has 0 aliphatic heterocycles. The normalized spacial score (nSPS) is 12.2. The smallest absolute Gasteiger partial charge is 0.238 e. The van der Waals surface area contributed by atoms with Crippen LogP contribution in [-0.4, -0.2) is 27.9 Å². The molecule has 0 saturated carbocycles. The van der Waals surface area contributed by atoms with Crippen LogP contribution in [0.4, 0.5) is 8.78 Å². The lowest BCUT2D eigenvalue weighted by Gasteiger charge is -2.11. The predicted octanol–water partition coefficient (Wildman–Crippen LogP) is 2.57. The van der Waals surface area contributed by atoms with Crippen LogP contribution >= 0.6 is 0 Å². The van der Waals surface area contributed by atoms with E-state index in [1.807, 2.05) is 19.1 Å². The van der Waals surface area contributed by atoms with E-state index in [1.54, 1.807) is 17.7 Å². The van der Waals surface area contributed by atoms with E-state index < -0.39 is 26.6 Å². The number of nitrogens with zero attached hydrogens (tertiary/aromatic N) is 4. The quantitative estimate of drug-likeness (QED) is 0.566. The number of pyridine rings is 2. The molecule has 144 valence electrons. The topological polar surface area (TPSA) is 104 Å². The first-order valence-electron chi connectivity index (χ1n) is 8.25. The fraction of sp³-hybridized carbons (Fsp3) is 0.167. The van der Waals surface area contributed by atoms with Crippen molar-refractivity contribution in [1.29, 1.82) is 0 Å². The van der Waals surface area contributed by atoms with Crippen LogP contribution in [0, 0.1) is 25.5 Å². The zero-order valence-electron chi connectivity index (χ0n) is 14.9. The molecule has 3 heterocycles. The van der Waals surface area contributed by atoms with Crippen LogP contribution in [0.2, 0.25) is 0 Å². The van der Waals surface area contributed by atoms with Gasteiger partial charge in [-0.25, -0.2) is 37.3 Å². The van der Waals surface area contributed by atoms with Crippen LogP contribution in [0.3, 0.4) is 0 Å². The van der Waals surface area contributed by atoms with Gasteiger partial charge in [-0.15, -0.1) is 0 Å². The predicted molar refractivity (Wildman–Crippen MR) is 99.1 cm³/mol. The second kappa shape index (κ2) is 6.28. The molecule has 0 radical (unpaired) electrons. The number of sulfonamides is 1. The Morgan fingerprint density at radius 3 is 2.43 bits per heavy atom. The molecule has 2 N–H and O–H groups in total. The summed E-state index contributed by atoms with van der Waals surface area (Å²) in [5.41, 5.74) is 2.21. The zero-order chi connectivity index (χ0) is 20.2. The van der Waals surface area contributed by atoms with Crippen molar-refractivity contribution in [2.45, 2.75) is 25.3 Å². The van der Waals surface area contributed by atoms with Gasteiger partial charge in [-0.05, 0) is 38.1 Å². The number of halogens is 2. The maximum Gasteiger partial charge on any atom is 0.238 e. The van der Waals surface area contributed by atoms with Crippen molar-refractivity contribution in [1.82, 2.24) is 19.5 Å². The van der Waals surface area contributed by atoms with Crippen molar-refractivity contribution in [2.75, 3.05) is 0 Å². The van der Waals surface area contributed by atoms with Gasteiger partial charge in [-0.1, -0.05) is 0 Å². The van der Waals surface area contributed by atoms with E-state index in [0.29, 0.717) is 40.0 Å². The van der Waals surface area contributed by atoms with Crippen LogP contribution < -0.4 is 5.14 Å². The molecule has 28 heavy (non-hydrogen) atoms. The number of primary sulfonamides is 1. The van der Waals surface area contributed by atoms with E-state index in [-0.39, 0.29) is 12.1 Å². The summed E-state index contributed by atoms with van der Waals surface area (Å²) in [5, 5.41) is 5.66. The molecule has 0 amide bonds. The number of aromatic nitrogens is 4. The fourth-order valence-corrected chi connectivity index (χ4v) is 3.69. The van der Waals surface area contributed by atoms with E-state index >= 15 is 0 Å². The molecular weight excluding hydrogens is 388 g/mol. The third-order valence-electron chi connectivity index (χ3n) is 4.52. The van der Waals surface area contributed by atoms with Gasteiger partial charge >= 0.3 is 0 Å². The summed E-state index contributed by atoms with van der Waals surface area (Å²) < 4.78 is 53.4. The van der Waals surface area contributed by atoms with Crippen LogP contribution in [0.5, 0.6) is 0 Å². The Bertz CT molecular complexity index is 1340. The van der Waals surface area contributed by atoms with Gasteiger partial charge in [0, 0.05) is 16.6 Å². The van der Waals surface area contributed by atoms with E-state index in [4.69, 9.17) is 5.14 Å². The van der Waals surface area contributed by atoms with Gasteiger partial charge < -0.3 is 4.57 Å². The number of hydrogen-bond donors (Lipinski definition) is 1. The first-order valence-corrected chi connectivity index (χ1v) is 9.79. The van der Waals surface area contributed by atoms with Crippen LogP contribution in [0.25, 0.3) is 22.1 Å². The van der Waals surface area contributed by atoms with E-state index in [2.05, 4.69) is 15.0 Å². The fourth-order valence-electron chi connectivity index (χ4n) is 3.16. The molecule has 0 bridgehead atoms. The van der Waals surface area contributed by atoms with Crippen LogP contribution in [0.1, 0.15) is 17.1 Å². The molecule has 0 atom stereocenters. The Balaban J connectivity index is 1.93. The molecule has 0 aliphatic rings. The van der Waals surface area contributed by atoms with Crippen molar-refractivity contribution in [3.63, 3.8) is 0 Å². The Labute approximate surface area is 158 Å². The van der Waals surface area contributed by atoms with Gasteiger partial charge in [-0.2, -0.15) is 0 Å². The number of rotatable bonds is 3. The van der Waals surface area contributed by atoms with Gasteiger partial charge in [0.05, 0.1) is 23.2 Å². The lowest BCUT2D eigenvalue weighted by Crippen LogP contribution is -2.14. The first-order chi connectivity index (χ1) is 13.1. The summed E-state index contributed by atoms with van der Waals surface area (Å²) in [4.78, 5) is 12.5. The summed E-state index contributed by atoms with van der Waals surface area (Å²) >= 11 is 0. The first kappa shape index (κ1) is 18.4. The third-order valence-corrected chi connectivity index (χ3v) is 5.42. The average molecular weight is 403 g/mol. The highest BCUT2D eigenvalue weighted by Gasteiger charge is 2.20. The van der Waals surface area contributed by atoms with Gasteiger partial charge in [0.15, 0.2) is 5.65 Å². The summed E-state index contributed by atoms with van der Waals surface area (Å²) in [6.07, 6.45) is 1.56. The van der Waals surface area contributed by atoms with Crippen LogP contribution in [-0.2, 0) is 16.6 Å². The van der Waals surface area contributed by atoms with Crippen molar-refractivity contribution < 1.29 is 17.2 Å². The Morgan fingerprint density at radius 2 is 1.79 bits per heavy atom. The minimum absolute atomic E-state index is 0.183. The zero-order valence-corrected chi connectivity index (χ0v) is 15.8. The number of aryl methyl sites for hydroxylation is 2. The lowest BCUT2D eigenvalue weighted by atomic mass is 10.1. The standard InChI is InChI=1S/C18H15F2N5O2S/c1-9-3-4-12-17-16(7-22-18(12)23-9)24-10(2)25(17)8-13-14(19)5-11(6-15(13)20)28(21,26)27/h3-7H,8H2,1-2H3,(H2,21,26,27). The summed E-state index contributed by atoms with van der Waals surface area (Å²) in [6.45, 7) is 3.37. The van der Waals surface area contributed by atoms with Gasteiger partial charge in [-0.3, -0.25) is 0 Å². The molecule has 4 aromatic rings. The second-order valence-electron chi connectivity index (χ2n) is 6.47. The van der Waals surface area contributed by atoms with Gasteiger partial charge in [0.2, 0.25) is 10.0 Å². The van der Waals surface area contributed by atoms with E-state index in [9.17, 15) is 17.2 Å². The molecule has 0 saturated heterocycles. The Hall–Kier alpha value is -2.98. The summed E-state index contributed by atoms with van der Waals surface area (Å²) in [6, 6.07) is 5.08. The van der Waals surface area contributed by atoms with Crippen LogP contribution in [0.15, 0.2) is 35.4 Å². The molecule has 0 fully saturated rings. The second-order valence-corrected chi connectivity index (χ2v) is 8.03. The summed E-state index contributed by atoms with van der Waals surface area (Å²) in [7, 11) is -4.22. The number of fused-ring (bicyclic) bond motifs is 3. The largest absolute Gasteiger partial charge is 0.323 e. The maximum atomic E-state index is 14.5. The van der Waals surface area contributed by atoms with E-state index in [1.165, 1.54) is 0 Å². The van der Waals surface area contributed by atoms with Gasteiger partial charge in [0.1, 0.15) is 23.0 Å². The minimum Gasteiger partial charge on any atom is -0.323 e. The molecule has 1 aromatic carbocycles. The lowest BCUT2D eigenvalue weighted by molar-refractivity contribution is 0.535. The molecule has 0 aliphatic carbocycles. The number of hydrogen-bond acceptors (Lipinski definition) is 5. The highest BCUT2D eigenvalue weighted by Crippen LogP contribution is 2.27. The highest BCUT2D eigenvalue weighted by atomic mass is 32.2. The summed E-state index contributed by atoms with van der Waals surface area (Å²) in [5.74, 6) is -1.48. The minimum atomic E-state index is -4.22. The molecule has 7 nitrogen and oxygen atoms in total. The Kier molecular flexibility index (Phi) is 4.12. The van der Waals surface area contributed by atoms with Crippen molar-refractivity contribution in [3.05, 3.63) is 59.2 Å². The molecule has 3 aromatic heterocycles. The average Bonchev–Trinajstić information content (AvgIpc) is 2.92. The monoisotopic (exact) mass is 403 g/mol. The maximum absolute atomic E-state index is 14.5. The van der Waals surface area contributed by atoms with Crippen molar-refractivity contribution >= 4 is 32.1 Å². The molecule has 10 heteroatoms.